The molecule has 0 spiro atoms. The highest BCUT2D eigenvalue weighted by Crippen LogP contribution is 2.26. The molecule has 0 bridgehead atoms. The van der Waals surface area contributed by atoms with Crippen molar-refractivity contribution in [3.05, 3.63) is 64.7 Å². The molecule has 3 rings (SSSR count). The highest BCUT2D eigenvalue weighted by Gasteiger charge is 2.35. The third-order valence-corrected chi connectivity index (χ3v) is 5.66. The van der Waals surface area contributed by atoms with E-state index in [2.05, 4.69) is 19.2 Å². The van der Waals surface area contributed by atoms with E-state index in [4.69, 9.17) is 16.3 Å². The summed E-state index contributed by atoms with van der Waals surface area (Å²) in [5.74, 6) is 0.387. The Morgan fingerprint density at radius 2 is 1.97 bits per heavy atom. The molecule has 1 aliphatic heterocycles. The van der Waals surface area contributed by atoms with Crippen molar-refractivity contribution in [2.75, 3.05) is 20.2 Å². The summed E-state index contributed by atoms with van der Waals surface area (Å²) >= 11 is 6.10. The Morgan fingerprint density at radius 1 is 1.24 bits per heavy atom. The van der Waals surface area contributed by atoms with Gasteiger partial charge in [0, 0.05) is 36.5 Å². The third-order valence-electron chi connectivity index (χ3n) is 5.43. The highest BCUT2D eigenvalue weighted by atomic mass is 35.5. The van der Waals surface area contributed by atoms with Crippen LogP contribution in [0.15, 0.2) is 48.5 Å². The number of rotatable bonds is 7. The van der Waals surface area contributed by atoms with Crippen LogP contribution in [0.4, 0.5) is 0 Å². The molecule has 0 aromatic heterocycles. The van der Waals surface area contributed by atoms with Crippen LogP contribution in [0.25, 0.3) is 0 Å². The monoisotopic (exact) mass is 414 g/mol. The van der Waals surface area contributed by atoms with Crippen molar-refractivity contribution in [3.63, 3.8) is 0 Å². The van der Waals surface area contributed by atoms with Gasteiger partial charge < -0.3 is 15.0 Å². The number of hydrogen-bond donors (Lipinski definition) is 1. The quantitative estimate of drug-likeness (QED) is 0.749. The summed E-state index contributed by atoms with van der Waals surface area (Å²) < 4.78 is 5.16. The third kappa shape index (κ3) is 5.30. The molecule has 2 aromatic carbocycles. The van der Waals surface area contributed by atoms with Gasteiger partial charge in [-0.2, -0.15) is 0 Å². The van der Waals surface area contributed by atoms with Crippen LogP contribution in [0, 0.1) is 5.92 Å². The predicted octanol–water partition coefficient (Wildman–Crippen LogP) is 3.79. The molecule has 2 aromatic rings. The minimum absolute atomic E-state index is 0.00932. The number of nitrogens with one attached hydrogen (secondary N) is 1. The summed E-state index contributed by atoms with van der Waals surface area (Å²) in [5.41, 5.74) is 1.82. The Balaban J connectivity index is 1.55. The van der Waals surface area contributed by atoms with Crippen molar-refractivity contribution >= 4 is 23.4 Å². The van der Waals surface area contributed by atoms with E-state index in [0.29, 0.717) is 24.7 Å². The zero-order chi connectivity index (χ0) is 21.0. The van der Waals surface area contributed by atoms with Gasteiger partial charge >= 0.3 is 0 Å². The van der Waals surface area contributed by atoms with E-state index in [1.807, 2.05) is 48.5 Å². The van der Waals surface area contributed by atoms with Gasteiger partial charge in [0.15, 0.2) is 0 Å². The summed E-state index contributed by atoms with van der Waals surface area (Å²) in [6, 6.07) is 15.3. The molecule has 2 amide bonds. The number of carbonyl (C=O) groups excluding carboxylic acids is 2. The fraction of sp³-hybridized carbons (Fsp3) is 0.391. The summed E-state index contributed by atoms with van der Waals surface area (Å²) in [6.45, 7) is 5.55. The zero-order valence-corrected chi connectivity index (χ0v) is 17.8. The van der Waals surface area contributed by atoms with E-state index in [0.717, 1.165) is 16.9 Å². The lowest BCUT2D eigenvalue weighted by Gasteiger charge is -2.26. The van der Waals surface area contributed by atoms with Gasteiger partial charge in [0.25, 0.3) is 0 Å². The SMILES string of the molecule is COc1ccc(CN2CC(C(=O)NCC(C)(C)c3cccc(Cl)c3)CC2=O)cc1. The highest BCUT2D eigenvalue weighted by molar-refractivity contribution is 6.30. The van der Waals surface area contributed by atoms with Gasteiger partial charge in [-0.1, -0.05) is 49.7 Å². The van der Waals surface area contributed by atoms with E-state index >= 15 is 0 Å². The van der Waals surface area contributed by atoms with Gasteiger partial charge in [-0.25, -0.2) is 0 Å². The van der Waals surface area contributed by atoms with Crippen molar-refractivity contribution < 1.29 is 14.3 Å². The van der Waals surface area contributed by atoms with E-state index < -0.39 is 0 Å². The topological polar surface area (TPSA) is 58.6 Å². The molecule has 1 N–H and O–H groups in total. The summed E-state index contributed by atoms with van der Waals surface area (Å²) in [7, 11) is 1.62. The van der Waals surface area contributed by atoms with E-state index in [1.54, 1.807) is 12.0 Å². The first-order chi connectivity index (χ1) is 13.8. The lowest BCUT2D eigenvalue weighted by molar-refractivity contribution is -0.129. The molecule has 0 radical (unpaired) electrons. The maximum atomic E-state index is 12.7. The number of methoxy groups -OCH3 is 1. The molecule has 1 atom stereocenters. The predicted molar refractivity (Wildman–Crippen MR) is 114 cm³/mol. The molecule has 1 heterocycles. The normalized spacial score (nSPS) is 16.8. The van der Waals surface area contributed by atoms with Crippen LogP contribution >= 0.6 is 11.6 Å². The van der Waals surface area contributed by atoms with Crippen molar-refractivity contribution in [1.82, 2.24) is 10.2 Å². The largest absolute Gasteiger partial charge is 0.497 e. The second-order valence-corrected chi connectivity index (χ2v) is 8.57. The van der Waals surface area contributed by atoms with Crippen LogP contribution in [0.5, 0.6) is 5.75 Å². The first-order valence-electron chi connectivity index (χ1n) is 9.73. The van der Waals surface area contributed by atoms with Crippen LogP contribution < -0.4 is 10.1 Å². The maximum Gasteiger partial charge on any atom is 0.225 e. The molecule has 1 aliphatic rings. The standard InChI is InChI=1S/C23H27ClN2O3/c1-23(2,18-5-4-6-19(24)12-18)15-25-22(28)17-11-21(27)26(14-17)13-16-7-9-20(29-3)10-8-16/h4-10,12,17H,11,13-15H2,1-3H3,(H,25,28). The minimum atomic E-state index is -0.323. The first-order valence-corrected chi connectivity index (χ1v) is 10.1. The Bertz CT molecular complexity index is 880. The van der Waals surface area contributed by atoms with Gasteiger partial charge in [0.05, 0.1) is 13.0 Å². The molecular weight excluding hydrogens is 388 g/mol. The van der Waals surface area contributed by atoms with Crippen LogP contribution in [0.2, 0.25) is 5.02 Å². The van der Waals surface area contributed by atoms with Crippen molar-refractivity contribution in [1.29, 1.82) is 0 Å². The van der Waals surface area contributed by atoms with Crippen LogP contribution in [0.1, 0.15) is 31.4 Å². The molecule has 5 nitrogen and oxygen atoms in total. The molecule has 1 saturated heterocycles. The van der Waals surface area contributed by atoms with Gasteiger partial charge in [0.1, 0.15) is 5.75 Å². The number of nitrogens with zero attached hydrogens (tertiary/aromatic N) is 1. The average Bonchev–Trinajstić information content (AvgIpc) is 3.07. The lowest BCUT2D eigenvalue weighted by atomic mass is 9.84. The number of likely N-dealkylation sites (tertiary alicyclic amines) is 1. The summed E-state index contributed by atoms with van der Waals surface area (Å²) in [6.07, 6.45) is 0.250. The second kappa shape index (κ2) is 8.87. The summed E-state index contributed by atoms with van der Waals surface area (Å²) in [5, 5.41) is 3.70. The molecule has 0 aliphatic carbocycles. The summed E-state index contributed by atoms with van der Waals surface area (Å²) in [4.78, 5) is 26.8. The van der Waals surface area contributed by atoms with Gasteiger partial charge in [-0.05, 0) is 35.4 Å². The van der Waals surface area contributed by atoms with Crippen molar-refractivity contribution in [2.45, 2.75) is 32.2 Å². The number of amides is 2. The number of ether oxygens (including phenoxy) is 1. The Kier molecular flexibility index (Phi) is 6.48. The van der Waals surface area contributed by atoms with E-state index in [9.17, 15) is 9.59 Å². The molecule has 6 heteroatoms. The maximum absolute atomic E-state index is 12.7. The number of carbonyl (C=O) groups is 2. The Labute approximate surface area is 177 Å². The van der Waals surface area contributed by atoms with Gasteiger partial charge in [-0.3, -0.25) is 9.59 Å². The smallest absolute Gasteiger partial charge is 0.225 e. The number of benzene rings is 2. The number of hydrogen-bond acceptors (Lipinski definition) is 3. The Hall–Kier alpha value is -2.53. The average molecular weight is 415 g/mol. The fourth-order valence-corrected chi connectivity index (χ4v) is 3.71. The zero-order valence-electron chi connectivity index (χ0n) is 17.1. The van der Waals surface area contributed by atoms with E-state index in [1.165, 1.54) is 0 Å². The van der Waals surface area contributed by atoms with E-state index in [-0.39, 0.29) is 29.6 Å². The van der Waals surface area contributed by atoms with Crippen LogP contribution in [-0.4, -0.2) is 36.9 Å². The van der Waals surface area contributed by atoms with Crippen LogP contribution in [-0.2, 0) is 21.5 Å². The number of halogens is 1. The molecular formula is C23H27ClN2O3. The molecule has 1 fully saturated rings. The van der Waals surface area contributed by atoms with Gasteiger partial charge in [-0.15, -0.1) is 0 Å². The van der Waals surface area contributed by atoms with Crippen LogP contribution in [0.3, 0.4) is 0 Å². The fourth-order valence-electron chi connectivity index (χ4n) is 3.52. The molecule has 29 heavy (non-hydrogen) atoms. The molecule has 154 valence electrons. The first kappa shape index (κ1) is 21.2. The lowest BCUT2D eigenvalue weighted by Crippen LogP contribution is -2.40. The molecule has 0 saturated carbocycles. The Morgan fingerprint density at radius 3 is 2.62 bits per heavy atom. The minimum Gasteiger partial charge on any atom is -0.497 e. The molecule has 1 unspecified atom stereocenters. The second-order valence-electron chi connectivity index (χ2n) is 8.14. The van der Waals surface area contributed by atoms with Crippen molar-refractivity contribution in [3.8, 4) is 5.75 Å². The van der Waals surface area contributed by atoms with Crippen molar-refractivity contribution in [2.24, 2.45) is 5.92 Å². The van der Waals surface area contributed by atoms with Gasteiger partial charge in [0.2, 0.25) is 11.8 Å².